The lowest BCUT2D eigenvalue weighted by Gasteiger charge is -2.16. The van der Waals surface area contributed by atoms with Crippen LogP contribution >= 0.6 is 11.8 Å². The number of ether oxygens (including phenoxy) is 1. The standard InChI is InChI=1S/C12H17N3O3S/c1-18-6-5-13-10(16)7-19-11-8-3-2-4-9(8)14-12(17)15-11/h8H,2-7H2,1H3,(H,13,16). The smallest absolute Gasteiger partial charge is 0.367 e. The van der Waals surface area contributed by atoms with Crippen molar-refractivity contribution in [2.24, 2.45) is 15.9 Å². The highest BCUT2D eigenvalue weighted by atomic mass is 32.2. The maximum Gasteiger partial charge on any atom is 0.367 e. The second-order valence-electron chi connectivity index (χ2n) is 4.41. The van der Waals surface area contributed by atoms with Crippen LogP contribution in [0.15, 0.2) is 9.98 Å². The summed E-state index contributed by atoms with van der Waals surface area (Å²) in [5, 5.41) is 3.48. The van der Waals surface area contributed by atoms with Gasteiger partial charge in [0.05, 0.1) is 17.4 Å². The topological polar surface area (TPSA) is 80.1 Å². The quantitative estimate of drug-likeness (QED) is 0.770. The number of hydrogen-bond acceptors (Lipinski definition) is 4. The Morgan fingerprint density at radius 3 is 3.16 bits per heavy atom. The number of amides is 3. The minimum absolute atomic E-state index is 0.0701. The predicted octanol–water partition coefficient (Wildman–Crippen LogP) is 1.26. The van der Waals surface area contributed by atoms with Gasteiger partial charge in [0.15, 0.2) is 0 Å². The first-order chi connectivity index (χ1) is 9.20. The van der Waals surface area contributed by atoms with Crippen molar-refractivity contribution in [2.75, 3.05) is 26.0 Å². The van der Waals surface area contributed by atoms with Gasteiger partial charge in [-0.05, 0) is 19.3 Å². The second-order valence-corrected chi connectivity index (χ2v) is 5.41. The molecule has 0 aromatic carbocycles. The van der Waals surface area contributed by atoms with Crippen LogP contribution in [0.5, 0.6) is 0 Å². The van der Waals surface area contributed by atoms with E-state index in [9.17, 15) is 9.59 Å². The third kappa shape index (κ3) is 3.87. The molecule has 1 fully saturated rings. The summed E-state index contributed by atoms with van der Waals surface area (Å²) >= 11 is 1.34. The van der Waals surface area contributed by atoms with Crippen molar-refractivity contribution in [3.63, 3.8) is 0 Å². The van der Waals surface area contributed by atoms with Gasteiger partial charge < -0.3 is 10.1 Å². The van der Waals surface area contributed by atoms with E-state index in [0.29, 0.717) is 13.2 Å². The van der Waals surface area contributed by atoms with Gasteiger partial charge in [0.1, 0.15) is 0 Å². The minimum atomic E-state index is -0.435. The summed E-state index contributed by atoms with van der Waals surface area (Å²) in [6.07, 6.45) is 2.88. The predicted molar refractivity (Wildman–Crippen MR) is 75.0 cm³/mol. The van der Waals surface area contributed by atoms with Gasteiger partial charge >= 0.3 is 6.03 Å². The first kappa shape index (κ1) is 14.2. The normalized spacial score (nSPS) is 21.7. The van der Waals surface area contributed by atoms with Gasteiger partial charge in [-0.2, -0.15) is 4.99 Å². The zero-order valence-corrected chi connectivity index (χ0v) is 11.7. The van der Waals surface area contributed by atoms with Gasteiger partial charge in [-0.1, -0.05) is 0 Å². The molecule has 2 rings (SSSR count). The third-order valence-electron chi connectivity index (χ3n) is 3.05. The highest BCUT2D eigenvalue weighted by Crippen LogP contribution is 2.31. The van der Waals surface area contributed by atoms with Crippen molar-refractivity contribution in [2.45, 2.75) is 19.3 Å². The molecule has 0 aromatic heterocycles. The average Bonchev–Trinajstić information content (AvgIpc) is 2.84. The van der Waals surface area contributed by atoms with Crippen LogP contribution in [-0.4, -0.2) is 48.7 Å². The average molecular weight is 283 g/mol. The van der Waals surface area contributed by atoms with Crippen molar-refractivity contribution < 1.29 is 14.3 Å². The molecule has 0 saturated heterocycles. The van der Waals surface area contributed by atoms with Crippen LogP contribution in [0, 0.1) is 5.92 Å². The van der Waals surface area contributed by atoms with Gasteiger partial charge in [-0.3, -0.25) is 4.79 Å². The molecule has 1 aliphatic heterocycles. The maximum atomic E-state index is 11.6. The number of rotatable bonds is 5. The Balaban J connectivity index is 1.82. The molecule has 1 N–H and O–H groups in total. The summed E-state index contributed by atoms with van der Waals surface area (Å²) in [5.74, 6) is 0.369. The number of thioether (sulfide) groups is 1. The first-order valence-electron chi connectivity index (χ1n) is 6.29. The molecule has 0 aromatic rings. The maximum absolute atomic E-state index is 11.6. The zero-order valence-electron chi connectivity index (χ0n) is 10.8. The molecule has 1 heterocycles. The van der Waals surface area contributed by atoms with E-state index in [0.717, 1.165) is 30.0 Å². The molecule has 0 spiro atoms. The number of carbonyl (C=O) groups is 2. The van der Waals surface area contributed by atoms with E-state index in [2.05, 4.69) is 15.3 Å². The van der Waals surface area contributed by atoms with Crippen molar-refractivity contribution in [3.8, 4) is 0 Å². The van der Waals surface area contributed by atoms with Gasteiger partial charge in [-0.15, -0.1) is 11.8 Å². The molecular formula is C12H17N3O3S. The Morgan fingerprint density at radius 2 is 2.37 bits per heavy atom. The lowest BCUT2D eigenvalue weighted by Crippen LogP contribution is -2.30. The highest BCUT2D eigenvalue weighted by molar-refractivity contribution is 8.14. The van der Waals surface area contributed by atoms with Crippen LogP contribution in [0.4, 0.5) is 4.79 Å². The number of nitrogens with zero attached hydrogens (tertiary/aromatic N) is 2. The first-order valence-corrected chi connectivity index (χ1v) is 7.27. The van der Waals surface area contributed by atoms with E-state index in [-0.39, 0.29) is 17.6 Å². The van der Waals surface area contributed by atoms with Crippen LogP contribution in [0.2, 0.25) is 0 Å². The number of hydrogen-bond donors (Lipinski definition) is 1. The molecule has 0 radical (unpaired) electrons. The van der Waals surface area contributed by atoms with Crippen molar-refractivity contribution in [1.29, 1.82) is 0 Å². The van der Waals surface area contributed by atoms with Crippen molar-refractivity contribution in [1.82, 2.24) is 5.32 Å². The Morgan fingerprint density at radius 1 is 1.53 bits per heavy atom. The molecule has 3 amide bonds. The molecule has 6 nitrogen and oxygen atoms in total. The lowest BCUT2D eigenvalue weighted by molar-refractivity contribution is -0.118. The summed E-state index contributed by atoms with van der Waals surface area (Å²) in [5.41, 5.74) is 0.933. The molecule has 1 saturated carbocycles. The summed E-state index contributed by atoms with van der Waals surface area (Å²) in [6.45, 7) is 0.993. The molecule has 104 valence electrons. The molecule has 19 heavy (non-hydrogen) atoms. The Bertz CT molecular complexity index is 434. The van der Waals surface area contributed by atoms with Crippen LogP contribution in [0.3, 0.4) is 0 Å². The summed E-state index contributed by atoms with van der Waals surface area (Å²) in [7, 11) is 1.59. The zero-order chi connectivity index (χ0) is 13.7. The van der Waals surface area contributed by atoms with Crippen molar-refractivity contribution in [3.05, 3.63) is 0 Å². The number of urea groups is 1. The molecule has 1 aliphatic carbocycles. The fourth-order valence-electron chi connectivity index (χ4n) is 2.16. The van der Waals surface area contributed by atoms with E-state index >= 15 is 0 Å². The van der Waals surface area contributed by atoms with E-state index in [1.165, 1.54) is 11.8 Å². The lowest BCUT2D eigenvalue weighted by atomic mass is 10.1. The van der Waals surface area contributed by atoms with E-state index < -0.39 is 6.03 Å². The SMILES string of the molecule is COCCNC(=O)CSC1=NC(=O)N=C2CCCC21. The Labute approximate surface area is 116 Å². The number of aliphatic imine (C=N–C) groups is 2. The Kier molecular flexibility index (Phi) is 5.09. The minimum Gasteiger partial charge on any atom is -0.383 e. The van der Waals surface area contributed by atoms with Crippen LogP contribution in [0.25, 0.3) is 0 Å². The van der Waals surface area contributed by atoms with Crippen LogP contribution in [-0.2, 0) is 9.53 Å². The molecule has 0 bridgehead atoms. The number of carbonyl (C=O) groups excluding carboxylic acids is 2. The summed E-state index contributed by atoms with van der Waals surface area (Å²) < 4.78 is 4.85. The van der Waals surface area contributed by atoms with Crippen molar-refractivity contribution >= 4 is 34.5 Å². The second kappa shape index (κ2) is 6.81. The highest BCUT2D eigenvalue weighted by Gasteiger charge is 2.32. The fraction of sp³-hybridized carbons (Fsp3) is 0.667. The van der Waals surface area contributed by atoms with E-state index in [4.69, 9.17) is 4.74 Å². The van der Waals surface area contributed by atoms with Gasteiger partial charge in [0.25, 0.3) is 0 Å². The van der Waals surface area contributed by atoms with Gasteiger partial charge in [0, 0.05) is 25.3 Å². The van der Waals surface area contributed by atoms with E-state index in [1.807, 2.05) is 0 Å². The van der Waals surface area contributed by atoms with E-state index in [1.54, 1.807) is 7.11 Å². The number of nitrogens with one attached hydrogen (secondary N) is 1. The number of methoxy groups -OCH3 is 1. The van der Waals surface area contributed by atoms with Gasteiger partial charge in [0.2, 0.25) is 5.91 Å². The fourth-order valence-corrected chi connectivity index (χ4v) is 3.14. The molecule has 1 atom stereocenters. The molecule has 7 heteroatoms. The Hall–Kier alpha value is -1.21. The summed E-state index contributed by atoms with van der Waals surface area (Å²) in [4.78, 5) is 30.8. The molecule has 2 aliphatic rings. The monoisotopic (exact) mass is 283 g/mol. The number of fused-ring (bicyclic) bond motifs is 1. The van der Waals surface area contributed by atoms with Gasteiger partial charge in [-0.25, -0.2) is 9.79 Å². The van der Waals surface area contributed by atoms with Crippen LogP contribution < -0.4 is 5.32 Å². The van der Waals surface area contributed by atoms with Crippen LogP contribution in [0.1, 0.15) is 19.3 Å². The largest absolute Gasteiger partial charge is 0.383 e. The third-order valence-corrected chi connectivity index (χ3v) is 4.13. The molecule has 1 unspecified atom stereocenters. The summed E-state index contributed by atoms with van der Waals surface area (Å²) in [6, 6.07) is -0.435. The molecular weight excluding hydrogens is 266 g/mol.